The summed E-state index contributed by atoms with van der Waals surface area (Å²) in [5.74, 6) is -0.941. The lowest BCUT2D eigenvalue weighted by atomic mass is 10.0. The lowest BCUT2D eigenvalue weighted by Gasteiger charge is -2.03. The molecule has 0 saturated carbocycles. The van der Waals surface area contributed by atoms with Crippen molar-refractivity contribution < 1.29 is 9.18 Å². The smallest absolute Gasteiger partial charge is 0.163 e. The summed E-state index contributed by atoms with van der Waals surface area (Å²) in [6.07, 6.45) is 0. The summed E-state index contributed by atoms with van der Waals surface area (Å²) < 4.78 is 13.2. The Labute approximate surface area is 89.3 Å². The Hall–Kier alpha value is -1.69. The van der Waals surface area contributed by atoms with Gasteiger partial charge in [-0.25, -0.2) is 4.39 Å². The number of aryl methyl sites for hydroxylation is 1. The van der Waals surface area contributed by atoms with E-state index in [0.29, 0.717) is 5.56 Å². The number of carbonyl (C=O) groups excluding carboxylic acids is 1. The molecule has 1 aromatic rings. The SMILES string of the molecule is CC.CC(=O)c1c(C)cc(C#N)cc1F. The first kappa shape index (κ1) is 13.3. The van der Waals surface area contributed by atoms with Gasteiger partial charge < -0.3 is 0 Å². The summed E-state index contributed by atoms with van der Waals surface area (Å²) >= 11 is 0. The van der Waals surface area contributed by atoms with Crippen LogP contribution in [0.25, 0.3) is 0 Å². The fourth-order valence-electron chi connectivity index (χ4n) is 1.25. The fraction of sp³-hybridized carbons (Fsp3) is 0.333. The summed E-state index contributed by atoms with van der Waals surface area (Å²) in [7, 11) is 0. The van der Waals surface area contributed by atoms with E-state index in [1.807, 2.05) is 19.9 Å². The highest BCUT2D eigenvalue weighted by atomic mass is 19.1. The van der Waals surface area contributed by atoms with Gasteiger partial charge in [-0.05, 0) is 31.5 Å². The molecule has 80 valence electrons. The van der Waals surface area contributed by atoms with Crippen LogP contribution >= 0.6 is 0 Å². The van der Waals surface area contributed by atoms with Crippen LogP contribution in [0.3, 0.4) is 0 Å². The Morgan fingerprint density at radius 1 is 1.40 bits per heavy atom. The van der Waals surface area contributed by atoms with Crippen molar-refractivity contribution in [3.63, 3.8) is 0 Å². The van der Waals surface area contributed by atoms with Crippen LogP contribution in [0.15, 0.2) is 12.1 Å². The molecular weight excluding hydrogens is 193 g/mol. The maximum absolute atomic E-state index is 13.2. The number of carbonyl (C=O) groups is 1. The Bertz CT molecular complexity index is 382. The second kappa shape index (κ2) is 5.92. The van der Waals surface area contributed by atoms with E-state index in [1.165, 1.54) is 13.0 Å². The fourth-order valence-corrected chi connectivity index (χ4v) is 1.25. The van der Waals surface area contributed by atoms with Crippen LogP contribution < -0.4 is 0 Å². The normalized spacial score (nSPS) is 8.53. The van der Waals surface area contributed by atoms with Gasteiger partial charge in [-0.15, -0.1) is 0 Å². The number of rotatable bonds is 1. The monoisotopic (exact) mass is 207 g/mol. The van der Waals surface area contributed by atoms with Gasteiger partial charge in [-0.2, -0.15) is 5.26 Å². The first-order chi connectivity index (χ1) is 7.06. The maximum atomic E-state index is 13.2. The summed E-state index contributed by atoms with van der Waals surface area (Å²) in [5.41, 5.74) is 0.808. The molecule has 0 saturated heterocycles. The van der Waals surface area contributed by atoms with Gasteiger partial charge in [0.1, 0.15) is 5.82 Å². The summed E-state index contributed by atoms with van der Waals surface area (Å²) in [5, 5.41) is 8.51. The molecule has 0 aliphatic heterocycles. The van der Waals surface area contributed by atoms with Crippen LogP contribution in [0.1, 0.15) is 42.3 Å². The molecule has 3 heteroatoms. The van der Waals surface area contributed by atoms with Gasteiger partial charge >= 0.3 is 0 Å². The molecule has 0 N–H and O–H groups in total. The summed E-state index contributed by atoms with van der Waals surface area (Å²) in [4.78, 5) is 11.0. The molecule has 0 aromatic heterocycles. The maximum Gasteiger partial charge on any atom is 0.163 e. The highest BCUT2D eigenvalue weighted by Crippen LogP contribution is 2.15. The zero-order valence-corrected chi connectivity index (χ0v) is 9.39. The molecular formula is C12H14FNO. The highest BCUT2D eigenvalue weighted by molar-refractivity contribution is 5.95. The van der Waals surface area contributed by atoms with Gasteiger partial charge in [0.25, 0.3) is 0 Å². The van der Waals surface area contributed by atoms with Crippen molar-refractivity contribution in [2.75, 3.05) is 0 Å². The third-order valence-electron chi connectivity index (χ3n) is 1.77. The molecule has 1 aromatic carbocycles. The number of nitriles is 1. The third-order valence-corrected chi connectivity index (χ3v) is 1.77. The van der Waals surface area contributed by atoms with E-state index in [1.54, 1.807) is 6.92 Å². The molecule has 0 unspecified atom stereocenters. The van der Waals surface area contributed by atoms with Crippen LogP contribution in [0.2, 0.25) is 0 Å². The number of Topliss-reactive ketones (excluding diaryl/α,β-unsaturated/α-hetero) is 1. The molecule has 0 spiro atoms. The van der Waals surface area contributed by atoms with E-state index in [-0.39, 0.29) is 16.9 Å². The predicted molar refractivity (Wildman–Crippen MR) is 57.2 cm³/mol. The lowest BCUT2D eigenvalue weighted by molar-refractivity contribution is 0.101. The number of halogens is 1. The van der Waals surface area contributed by atoms with Crippen LogP contribution in [0, 0.1) is 24.1 Å². The minimum atomic E-state index is -0.621. The first-order valence-corrected chi connectivity index (χ1v) is 4.77. The number of hydrogen-bond donors (Lipinski definition) is 0. The van der Waals surface area contributed by atoms with Gasteiger partial charge in [0.15, 0.2) is 5.78 Å². The molecule has 1 rings (SSSR count). The van der Waals surface area contributed by atoms with E-state index in [4.69, 9.17) is 5.26 Å². The average Bonchev–Trinajstić information content (AvgIpc) is 2.19. The number of hydrogen-bond acceptors (Lipinski definition) is 2. The number of nitrogens with zero attached hydrogens (tertiary/aromatic N) is 1. The van der Waals surface area contributed by atoms with Gasteiger partial charge in [-0.3, -0.25) is 4.79 Å². The predicted octanol–water partition coefficient (Wildman–Crippen LogP) is 3.23. The van der Waals surface area contributed by atoms with Crippen LogP contribution in [0.5, 0.6) is 0 Å². The van der Waals surface area contributed by atoms with Gasteiger partial charge in [0.05, 0.1) is 17.2 Å². The molecule has 0 fully saturated rings. The quantitative estimate of drug-likeness (QED) is 0.663. The van der Waals surface area contributed by atoms with E-state index < -0.39 is 5.82 Å². The second-order valence-corrected chi connectivity index (χ2v) is 2.82. The van der Waals surface area contributed by atoms with Gasteiger partial charge in [0, 0.05) is 0 Å². The molecule has 0 heterocycles. The Balaban J connectivity index is 0.000000921. The zero-order valence-electron chi connectivity index (χ0n) is 9.39. The summed E-state index contributed by atoms with van der Waals surface area (Å²) in [6.45, 7) is 6.91. The molecule has 0 aliphatic rings. The van der Waals surface area contributed by atoms with Gasteiger partial charge in [-0.1, -0.05) is 13.8 Å². The number of ketones is 1. The van der Waals surface area contributed by atoms with E-state index >= 15 is 0 Å². The number of benzene rings is 1. The molecule has 0 amide bonds. The van der Waals surface area contributed by atoms with Crippen molar-refractivity contribution in [1.29, 1.82) is 5.26 Å². The Morgan fingerprint density at radius 2 is 1.93 bits per heavy atom. The average molecular weight is 207 g/mol. The standard InChI is InChI=1S/C10H8FNO.C2H6/c1-6-3-8(5-12)4-9(11)10(6)7(2)13;1-2/h3-4H,1-2H3;1-2H3. The topological polar surface area (TPSA) is 40.9 Å². The molecule has 15 heavy (non-hydrogen) atoms. The van der Waals surface area contributed by atoms with E-state index in [9.17, 15) is 9.18 Å². The molecule has 0 radical (unpaired) electrons. The minimum absolute atomic E-state index is 0.0685. The van der Waals surface area contributed by atoms with Crippen molar-refractivity contribution in [2.45, 2.75) is 27.7 Å². The zero-order chi connectivity index (χ0) is 12.0. The van der Waals surface area contributed by atoms with Crippen molar-refractivity contribution in [3.8, 4) is 6.07 Å². The summed E-state index contributed by atoms with van der Waals surface area (Å²) in [6, 6.07) is 4.40. The van der Waals surface area contributed by atoms with Crippen molar-refractivity contribution >= 4 is 5.78 Å². The molecule has 0 atom stereocenters. The van der Waals surface area contributed by atoms with Crippen LogP contribution in [-0.4, -0.2) is 5.78 Å². The molecule has 2 nitrogen and oxygen atoms in total. The second-order valence-electron chi connectivity index (χ2n) is 2.82. The van der Waals surface area contributed by atoms with Crippen LogP contribution in [-0.2, 0) is 0 Å². The Kier molecular flexibility index (Phi) is 5.25. The highest BCUT2D eigenvalue weighted by Gasteiger charge is 2.11. The largest absolute Gasteiger partial charge is 0.294 e. The molecule has 0 bridgehead atoms. The third kappa shape index (κ3) is 3.17. The Morgan fingerprint density at radius 3 is 2.27 bits per heavy atom. The minimum Gasteiger partial charge on any atom is -0.294 e. The van der Waals surface area contributed by atoms with Crippen LogP contribution in [0.4, 0.5) is 4.39 Å². The first-order valence-electron chi connectivity index (χ1n) is 4.77. The van der Waals surface area contributed by atoms with Crippen molar-refractivity contribution in [2.24, 2.45) is 0 Å². The van der Waals surface area contributed by atoms with Crippen molar-refractivity contribution in [3.05, 3.63) is 34.6 Å². The van der Waals surface area contributed by atoms with Crippen molar-refractivity contribution in [1.82, 2.24) is 0 Å². The van der Waals surface area contributed by atoms with E-state index in [2.05, 4.69) is 0 Å². The van der Waals surface area contributed by atoms with Gasteiger partial charge in [0.2, 0.25) is 0 Å². The molecule has 0 aliphatic carbocycles. The lowest BCUT2D eigenvalue weighted by Crippen LogP contribution is -2.01. The van der Waals surface area contributed by atoms with E-state index in [0.717, 1.165) is 6.07 Å².